The lowest BCUT2D eigenvalue weighted by molar-refractivity contribution is -0.127. The Hall–Kier alpha value is -0.490. The Morgan fingerprint density at radius 1 is 0.591 bits per heavy atom. The zero-order chi connectivity index (χ0) is 14.9. The summed E-state index contributed by atoms with van der Waals surface area (Å²) in [6, 6.07) is 0. The summed E-state index contributed by atoms with van der Waals surface area (Å²) in [4.78, 5) is 12.9. The molecular formula is C17H30N4O. The van der Waals surface area contributed by atoms with Crippen LogP contribution < -0.4 is 0 Å². The predicted molar refractivity (Wildman–Crippen MR) is 86.0 cm³/mol. The zero-order valence-corrected chi connectivity index (χ0v) is 13.8. The van der Waals surface area contributed by atoms with E-state index in [4.69, 9.17) is 0 Å². The molecular weight excluding hydrogens is 276 g/mol. The fourth-order valence-corrected chi connectivity index (χ4v) is 4.76. The number of nitrogens with zero attached hydrogens (tertiary/aromatic N) is 4. The Balaban J connectivity index is 1.29. The molecule has 0 amide bonds. The van der Waals surface area contributed by atoms with Crippen molar-refractivity contribution in [2.45, 2.75) is 38.5 Å². The molecule has 0 aromatic rings. The van der Waals surface area contributed by atoms with Crippen molar-refractivity contribution >= 4 is 5.78 Å². The molecule has 0 spiro atoms. The summed E-state index contributed by atoms with van der Waals surface area (Å²) >= 11 is 0. The number of hydrogen-bond donors (Lipinski definition) is 0. The van der Waals surface area contributed by atoms with Crippen LogP contribution in [0.5, 0.6) is 0 Å². The van der Waals surface area contributed by atoms with E-state index in [1.54, 1.807) is 0 Å². The number of hydrogen-bond acceptors (Lipinski definition) is 5. The van der Waals surface area contributed by atoms with Gasteiger partial charge in [-0.05, 0) is 38.5 Å². The van der Waals surface area contributed by atoms with Crippen LogP contribution in [0.2, 0.25) is 0 Å². The van der Waals surface area contributed by atoms with Crippen LogP contribution in [0.4, 0.5) is 0 Å². The smallest absolute Gasteiger partial charge is 0.141 e. The van der Waals surface area contributed by atoms with Gasteiger partial charge in [0.25, 0.3) is 0 Å². The van der Waals surface area contributed by atoms with Gasteiger partial charge in [0.2, 0.25) is 0 Å². The summed E-state index contributed by atoms with van der Waals surface area (Å²) in [5.41, 5.74) is 0. The Bertz CT molecular complexity index is 367. The number of rotatable bonds is 4. The average molecular weight is 306 g/mol. The molecule has 0 aliphatic carbocycles. The van der Waals surface area contributed by atoms with E-state index >= 15 is 0 Å². The fraction of sp³-hybridized carbons (Fsp3) is 0.941. The first kappa shape index (κ1) is 15.1. The van der Waals surface area contributed by atoms with Crippen molar-refractivity contribution in [3.8, 4) is 0 Å². The minimum atomic E-state index is 0.295. The molecule has 2 atom stereocenters. The third-order valence-electron chi connectivity index (χ3n) is 6.10. The van der Waals surface area contributed by atoms with Crippen LogP contribution in [0.25, 0.3) is 0 Å². The molecule has 0 unspecified atom stereocenters. The average Bonchev–Trinajstić information content (AvgIpc) is 3.35. The Morgan fingerprint density at radius 2 is 1.00 bits per heavy atom. The molecule has 22 heavy (non-hydrogen) atoms. The molecule has 0 bridgehead atoms. The van der Waals surface area contributed by atoms with Crippen LogP contribution in [0.3, 0.4) is 0 Å². The summed E-state index contributed by atoms with van der Waals surface area (Å²) in [6.45, 7) is 8.97. The second-order valence-electron chi connectivity index (χ2n) is 7.52. The van der Waals surface area contributed by atoms with Crippen LogP contribution in [-0.2, 0) is 4.79 Å². The maximum atomic E-state index is 12.9. The molecule has 4 rings (SSSR count). The number of carbonyl (C=O) groups excluding carboxylic acids is 1. The number of ketones is 1. The molecule has 4 heterocycles. The van der Waals surface area contributed by atoms with Gasteiger partial charge < -0.3 is 0 Å². The number of carbonyl (C=O) groups is 1. The standard InChI is InChI=1S/C17H30N4O/c22-17(15-5-11-20(13-15)18-7-1-2-8-18)16-6-12-21(14-16)19-9-3-4-10-19/h15-16H,1-14H2/t15-,16-/m1/s1. The van der Waals surface area contributed by atoms with Crippen molar-refractivity contribution in [2.75, 3.05) is 52.4 Å². The highest BCUT2D eigenvalue weighted by Crippen LogP contribution is 2.29. The van der Waals surface area contributed by atoms with Crippen molar-refractivity contribution < 1.29 is 4.79 Å². The molecule has 0 N–H and O–H groups in total. The van der Waals surface area contributed by atoms with Gasteiger partial charge >= 0.3 is 0 Å². The first-order chi connectivity index (χ1) is 10.8. The van der Waals surface area contributed by atoms with Gasteiger partial charge in [-0.25, -0.2) is 20.0 Å². The lowest BCUT2D eigenvalue weighted by Gasteiger charge is -2.28. The summed E-state index contributed by atoms with van der Waals surface area (Å²) in [7, 11) is 0. The van der Waals surface area contributed by atoms with Gasteiger partial charge in [-0.2, -0.15) is 0 Å². The molecule has 0 saturated carbocycles. The van der Waals surface area contributed by atoms with Crippen molar-refractivity contribution in [1.29, 1.82) is 0 Å². The molecule has 0 aromatic carbocycles. The van der Waals surface area contributed by atoms with Crippen LogP contribution >= 0.6 is 0 Å². The van der Waals surface area contributed by atoms with Crippen molar-refractivity contribution in [1.82, 2.24) is 20.0 Å². The minimum Gasteiger partial charge on any atom is -0.299 e. The molecule has 4 fully saturated rings. The van der Waals surface area contributed by atoms with Crippen molar-refractivity contribution in [3.05, 3.63) is 0 Å². The lowest BCUT2D eigenvalue weighted by atomic mass is 9.91. The van der Waals surface area contributed by atoms with Gasteiger partial charge in [0, 0.05) is 64.2 Å². The van der Waals surface area contributed by atoms with Gasteiger partial charge in [0.05, 0.1) is 0 Å². The van der Waals surface area contributed by atoms with E-state index in [2.05, 4.69) is 20.0 Å². The largest absolute Gasteiger partial charge is 0.299 e. The van der Waals surface area contributed by atoms with Crippen LogP contribution in [0.15, 0.2) is 0 Å². The van der Waals surface area contributed by atoms with E-state index in [1.807, 2.05) is 0 Å². The van der Waals surface area contributed by atoms with E-state index in [0.717, 1.165) is 39.0 Å². The maximum Gasteiger partial charge on any atom is 0.141 e. The summed E-state index contributed by atoms with van der Waals surface area (Å²) in [6.07, 6.45) is 7.45. The second-order valence-corrected chi connectivity index (χ2v) is 7.52. The highest BCUT2D eigenvalue weighted by atomic mass is 16.1. The molecule has 0 radical (unpaired) electrons. The minimum absolute atomic E-state index is 0.295. The molecule has 5 heteroatoms. The van der Waals surface area contributed by atoms with Gasteiger partial charge in [0.1, 0.15) is 5.78 Å². The van der Waals surface area contributed by atoms with Gasteiger partial charge in [-0.1, -0.05) is 0 Å². The van der Waals surface area contributed by atoms with Crippen LogP contribution in [0, 0.1) is 11.8 Å². The van der Waals surface area contributed by atoms with E-state index in [0.29, 0.717) is 17.6 Å². The van der Waals surface area contributed by atoms with Crippen molar-refractivity contribution in [3.63, 3.8) is 0 Å². The maximum absolute atomic E-state index is 12.9. The first-order valence-corrected chi connectivity index (χ1v) is 9.34. The SMILES string of the molecule is O=C([C@@H]1CCN(N2CCCC2)C1)[C@@H]1CCN(N2CCCC2)C1. The first-order valence-electron chi connectivity index (χ1n) is 9.34. The van der Waals surface area contributed by atoms with E-state index < -0.39 is 0 Å². The normalized spacial score (nSPS) is 35.8. The number of hydrazine groups is 2. The molecule has 4 aliphatic rings. The highest BCUT2D eigenvalue weighted by molar-refractivity contribution is 5.84. The fourth-order valence-electron chi connectivity index (χ4n) is 4.76. The Morgan fingerprint density at radius 3 is 1.41 bits per heavy atom. The van der Waals surface area contributed by atoms with E-state index in [1.165, 1.54) is 51.9 Å². The third-order valence-corrected chi connectivity index (χ3v) is 6.10. The summed E-state index contributed by atoms with van der Waals surface area (Å²) in [5.74, 6) is 1.15. The lowest BCUT2D eigenvalue weighted by Crippen LogP contribution is -2.41. The van der Waals surface area contributed by atoms with E-state index in [-0.39, 0.29) is 0 Å². The molecule has 0 aromatic heterocycles. The van der Waals surface area contributed by atoms with E-state index in [9.17, 15) is 4.79 Å². The van der Waals surface area contributed by atoms with Crippen molar-refractivity contribution in [2.24, 2.45) is 11.8 Å². The Kier molecular flexibility index (Phi) is 4.49. The molecule has 4 aliphatic heterocycles. The molecule has 5 nitrogen and oxygen atoms in total. The second kappa shape index (κ2) is 6.56. The van der Waals surface area contributed by atoms with Crippen LogP contribution in [0.1, 0.15) is 38.5 Å². The highest BCUT2D eigenvalue weighted by Gasteiger charge is 2.39. The number of Topliss-reactive ketones (excluding diaryl/α,β-unsaturated/α-hetero) is 1. The summed E-state index contributed by atoms with van der Waals surface area (Å²) in [5, 5.41) is 9.89. The van der Waals surface area contributed by atoms with Gasteiger partial charge in [0.15, 0.2) is 0 Å². The molecule has 124 valence electrons. The third kappa shape index (κ3) is 2.96. The monoisotopic (exact) mass is 306 g/mol. The van der Waals surface area contributed by atoms with Gasteiger partial charge in [-0.3, -0.25) is 4.79 Å². The topological polar surface area (TPSA) is 30.0 Å². The van der Waals surface area contributed by atoms with Crippen LogP contribution in [-0.4, -0.2) is 78.2 Å². The zero-order valence-electron chi connectivity index (χ0n) is 13.8. The predicted octanol–water partition coefficient (Wildman–Crippen LogP) is 1.22. The quantitative estimate of drug-likeness (QED) is 0.779. The summed E-state index contributed by atoms with van der Waals surface area (Å²) < 4.78 is 0. The van der Waals surface area contributed by atoms with Gasteiger partial charge in [-0.15, -0.1) is 0 Å². The molecule has 4 saturated heterocycles. The Labute approximate surface area is 134 Å².